The number of hydrogen-bond acceptors (Lipinski definition) is 2. The van der Waals surface area contributed by atoms with Crippen molar-refractivity contribution in [3.8, 4) is 11.4 Å². The van der Waals surface area contributed by atoms with Crippen molar-refractivity contribution >= 4 is 0 Å². The zero-order chi connectivity index (χ0) is 14.2. The average Bonchev–Trinajstić information content (AvgIpc) is 2.71. The number of aryl methyl sites for hydroxylation is 1. The lowest BCUT2D eigenvalue weighted by atomic mass is 10.1. The van der Waals surface area contributed by atoms with Crippen LogP contribution in [0.15, 0.2) is 30.5 Å². The molecule has 19 heavy (non-hydrogen) atoms. The second kappa shape index (κ2) is 4.70. The summed E-state index contributed by atoms with van der Waals surface area (Å²) in [4.78, 5) is 3.60. The fourth-order valence-corrected chi connectivity index (χ4v) is 1.78. The Morgan fingerprint density at radius 1 is 1.21 bits per heavy atom. The van der Waals surface area contributed by atoms with Crippen molar-refractivity contribution in [3.05, 3.63) is 41.7 Å². The van der Waals surface area contributed by atoms with Gasteiger partial charge in [0.15, 0.2) is 5.69 Å². The summed E-state index contributed by atoms with van der Waals surface area (Å²) in [6.45, 7) is 1.62. The van der Waals surface area contributed by atoms with Crippen molar-refractivity contribution in [1.29, 1.82) is 0 Å². The van der Waals surface area contributed by atoms with E-state index in [9.17, 15) is 18.3 Å². The molecule has 1 aromatic heterocycles. The number of rotatable bonds is 2. The molecule has 0 aliphatic heterocycles. The van der Waals surface area contributed by atoms with Crippen LogP contribution in [0.5, 0.6) is 0 Å². The van der Waals surface area contributed by atoms with E-state index in [1.54, 1.807) is 31.2 Å². The molecule has 0 aliphatic carbocycles. The van der Waals surface area contributed by atoms with Gasteiger partial charge in [-0.2, -0.15) is 13.2 Å². The number of alkyl halides is 3. The van der Waals surface area contributed by atoms with Crippen molar-refractivity contribution in [1.82, 2.24) is 9.55 Å². The maximum Gasteiger partial charge on any atom is 0.434 e. The van der Waals surface area contributed by atoms with E-state index in [2.05, 4.69) is 4.98 Å². The number of aliphatic hydroxyl groups is 1. The van der Waals surface area contributed by atoms with E-state index >= 15 is 0 Å². The summed E-state index contributed by atoms with van der Waals surface area (Å²) in [5.41, 5.74) is 0.362. The third-order valence-electron chi connectivity index (χ3n) is 2.82. The Balaban J connectivity index is 2.39. The van der Waals surface area contributed by atoms with Crippen LogP contribution in [0.1, 0.15) is 24.3 Å². The summed E-state index contributed by atoms with van der Waals surface area (Å²) in [7, 11) is 1.51. The summed E-state index contributed by atoms with van der Waals surface area (Å²) < 4.78 is 39.0. The summed E-state index contributed by atoms with van der Waals surface area (Å²) in [6.07, 6.45) is -4.10. The highest BCUT2D eigenvalue weighted by atomic mass is 19.4. The number of hydrogen-bond donors (Lipinski definition) is 1. The van der Waals surface area contributed by atoms with Gasteiger partial charge in [-0.05, 0) is 12.5 Å². The van der Waals surface area contributed by atoms with Crippen molar-refractivity contribution in [3.63, 3.8) is 0 Å². The molecule has 0 aliphatic rings. The van der Waals surface area contributed by atoms with E-state index in [0.29, 0.717) is 11.1 Å². The van der Waals surface area contributed by atoms with Gasteiger partial charge < -0.3 is 9.67 Å². The highest BCUT2D eigenvalue weighted by Crippen LogP contribution is 2.30. The van der Waals surface area contributed by atoms with Crippen molar-refractivity contribution < 1.29 is 18.3 Å². The molecule has 1 aromatic carbocycles. The molecule has 1 atom stereocenters. The van der Waals surface area contributed by atoms with E-state index in [4.69, 9.17) is 0 Å². The minimum atomic E-state index is -4.45. The molecule has 6 heteroatoms. The van der Waals surface area contributed by atoms with Crippen LogP contribution >= 0.6 is 0 Å². The predicted octanol–water partition coefficient (Wildman–Crippen LogP) is 3.16. The SMILES string of the molecule is C[C@H](O)c1ccc(-c2nc(C(F)(F)F)cn2C)cc1. The largest absolute Gasteiger partial charge is 0.434 e. The van der Waals surface area contributed by atoms with E-state index in [1.807, 2.05) is 0 Å². The van der Waals surface area contributed by atoms with E-state index in [-0.39, 0.29) is 5.82 Å². The van der Waals surface area contributed by atoms with Crippen molar-refractivity contribution in [2.45, 2.75) is 19.2 Å². The highest BCUT2D eigenvalue weighted by Gasteiger charge is 2.34. The molecule has 1 N–H and O–H groups in total. The van der Waals surface area contributed by atoms with Crippen LogP contribution in [0.3, 0.4) is 0 Å². The smallest absolute Gasteiger partial charge is 0.389 e. The lowest BCUT2D eigenvalue weighted by Gasteiger charge is -2.06. The Labute approximate surface area is 108 Å². The standard InChI is InChI=1S/C13H13F3N2O/c1-8(19)9-3-5-10(6-4-9)12-17-11(7-18(12)2)13(14,15)16/h3-8,19H,1-2H3/t8-/m0/s1. The topological polar surface area (TPSA) is 38.1 Å². The summed E-state index contributed by atoms with van der Waals surface area (Å²) in [6, 6.07) is 6.62. The van der Waals surface area contributed by atoms with E-state index in [0.717, 1.165) is 6.20 Å². The van der Waals surface area contributed by atoms with Gasteiger partial charge in [0, 0.05) is 18.8 Å². The Kier molecular flexibility index (Phi) is 3.36. The molecule has 0 saturated heterocycles. The van der Waals surface area contributed by atoms with Crippen molar-refractivity contribution in [2.24, 2.45) is 7.05 Å². The summed E-state index contributed by atoms with van der Waals surface area (Å²) in [5.74, 6) is 0.240. The van der Waals surface area contributed by atoms with E-state index < -0.39 is 18.0 Å². The van der Waals surface area contributed by atoms with Crippen LogP contribution in [0.4, 0.5) is 13.2 Å². The maximum absolute atomic E-state index is 12.6. The van der Waals surface area contributed by atoms with E-state index in [1.165, 1.54) is 11.6 Å². The van der Waals surface area contributed by atoms with Gasteiger partial charge in [0.05, 0.1) is 6.10 Å². The molecular formula is C13H13F3N2O. The molecule has 0 saturated carbocycles. The molecule has 0 bridgehead atoms. The Morgan fingerprint density at radius 3 is 2.21 bits per heavy atom. The second-order valence-electron chi connectivity index (χ2n) is 4.36. The Bertz CT molecular complexity index is 571. The third-order valence-corrected chi connectivity index (χ3v) is 2.82. The highest BCUT2D eigenvalue weighted by molar-refractivity contribution is 5.56. The molecule has 1 heterocycles. The first-order chi connectivity index (χ1) is 8.79. The van der Waals surface area contributed by atoms with Gasteiger partial charge in [0.2, 0.25) is 0 Å². The second-order valence-corrected chi connectivity index (χ2v) is 4.36. The number of aliphatic hydroxyl groups excluding tert-OH is 1. The normalized spacial score (nSPS) is 13.6. The fourth-order valence-electron chi connectivity index (χ4n) is 1.78. The molecular weight excluding hydrogens is 257 g/mol. The lowest BCUT2D eigenvalue weighted by Crippen LogP contribution is -2.04. The number of halogens is 3. The number of nitrogens with zero attached hydrogens (tertiary/aromatic N) is 2. The molecule has 2 aromatic rings. The Morgan fingerprint density at radius 2 is 1.79 bits per heavy atom. The minimum absolute atomic E-state index is 0.240. The van der Waals surface area contributed by atoms with Crippen LogP contribution in [-0.2, 0) is 13.2 Å². The zero-order valence-corrected chi connectivity index (χ0v) is 10.4. The Hall–Kier alpha value is -1.82. The quantitative estimate of drug-likeness (QED) is 0.910. The number of imidazole rings is 1. The summed E-state index contributed by atoms with van der Waals surface area (Å²) >= 11 is 0. The molecule has 3 nitrogen and oxygen atoms in total. The molecule has 2 rings (SSSR count). The third kappa shape index (κ3) is 2.78. The van der Waals surface area contributed by atoms with Gasteiger partial charge in [-0.1, -0.05) is 24.3 Å². The van der Waals surface area contributed by atoms with Gasteiger partial charge in [-0.3, -0.25) is 0 Å². The molecule has 0 spiro atoms. The first-order valence-electron chi connectivity index (χ1n) is 5.68. The molecule has 0 fully saturated rings. The van der Waals surface area contributed by atoms with Crippen molar-refractivity contribution in [2.75, 3.05) is 0 Å². The number of benzene rings is 1. The van der Waals surface area contributed by atoms with Gasteiger partial charge in [0.1, 0.15) is 5.82 Å². The van der Waals surface area contributed by atoms with Gasteiger partial charge in [-0.25, -0.2) is 4.98 Å². The minimum Gasteiger partial charge on any atom is -0.389 e. The first-order valence-corrected chi connectivity index (χ1v) is 5.68. The van der Waals surface area contributed by atoms with Gasteiger partial charge >= 0.3 is 6.18 Å². The predicted molar refractivity (Wildman–Crippen MR) is 64.3 cm³/mol. The average molecular weight is 270 g/mol. The monoisotopic (exact) mass is 270 g/mol. The van der Waals surface area contributed by atoms with Gasteiger partial charge in [0.25, 0.3) is 0 Å². The lowest BCUT2D eigenvalue weighted by molar-refractivity contribution is -0.140. The molecule has 0 radical (unpaired) electrons. The number of aromatic nitrogens is 2. The molecule has 0 amide bonds. The van der Waals surface area contributed by atoms with Crippen LogP contribution in [0, 0.1) is 0 Å². The van der Waals surface area contributed by atoms with Crippen LogP contribution in [0.25, 0.3) is 11.4 Å². The molecule has 0 unspecified atom stereocenters. The fraction of sp³-hybridized carbons (Fsp3) is 0.308. The first kappa shape index (κ1) is 13.6. The summed E-state index contributed by atoms with van der Waals surface area (Å²) in [5, 5.41) is 9.38. The maximum atomic E-state index is 12.6. The zero-order valence-electron chi connectivity index (χ0n) is 10.4. The van der Waals surface area contributed by atoms with Crippen LogP contribution in [0.2, 0.25) is 0 Å². The van der Waals surface area contributed by atoms with Gasteiger partial charge in [-0.15, -0.1) is 0 Å². The molecule has 102 valence electrons. The van der Waals surface area contributed by atoms with Crippen LogP contribution in [-0.4, -0.2) is 14.7 Å². The van der Waals surface area contributed by atoms with Crippen LogP contribution < -0.4 is 0 Å².